The molecular weight excluding hydrogens is 648 g/mol. The zero-order valence-corrected chi connectivity index (χ0v) is 27.8. The Morgan fingerprint density at radius 2 is 1.60 bits per heavy atom. The summed E-state index contributed by atoms with van der Waals surface area (Å²) in [5.74, 6) is -4.02. The smallest absolute Gasteiger partial charge is 0.338 e. The maximum absolute atomic E-state index is 13.9. The van der Waals surface area contributed by atoms with Gasteiger partial charge in [-0.15, -0.1) is 0 Å². The van der Waals surface area contributed by atoms with Crippen molar-refractivity contribution >= 4 is 27.3 Å². The maximum atomic E-state index is 13.9. The quantitative estimate of drug-likeness (QED) is 0.275. The molecule has 0 bridgehead atoms. The van der Waals surface area contributed by atoms with E-state index in [4.69, 9.17) is 0 Å². The van der Waals surface area contributed by atoms with Gasteiger partial charge in [0.05, 0.1) is 16.2 Å². The lowest BCUT2D eigenvalue weighted by atomic mass is 9.81. The number of hydrogen-bond acceptors (Lipinski definition) is 5. The van der Waals surface area contributed by atoms with Crippen LogP contribution in [0.5, 0.6) is 0 Å². The van der Waals surface area contributed by atoms with Crippen LogP contribution in [0.15, 0.2) is 53.4 Å². The van der Waals surface area contributed by atoms with Crippen molar-refractivity contribution in [2.45, 2.75) is 101 Å². The minimum atomic E-state index is -5.47. The van der Waals surface area contributed by atoms with E-state index in [9.17, 15) is 44.3 Å². The molecule has 1 aliphatic carbocycles. The average molecular weight is 690 g/mol. The van der Waals surface area contributed by atoms with Crippen LogP contribution in [0.3, 0.4) is 0 Å². The molecule has 4 atom stereocenters. The second-order valence-electron chi connectivity index (χ2n) is 13.1. The number of sulfone groups is 1. The lowest BCUT2D eigenvalue weighted by Crippen LogP contribution is -2.55. The summed E-state index contributed by atoms with van der Waals surface area (Å²) < 4.78 is 109. The van der Waals surface area contributed by atoms with Gasteiger partial charge in [-0.05, 0) is 94.3 Å². The minimum absolute atomic E-state index is 0.0170. The predicted octanol–water partition coefficient (Wildman–Crippen LogP) is 6.68. The molecule has 1 aliphatic heterocycles. The fourth-order valence-electron chi connectivity index (χ4n) is 6.70. The molecule has 0 unspecified atom stereocenters. The molecule has 1 saturated heterocycles. The Kier molecular flexibility index (Phi) is 10.8. The minimum Gasteiger partial charge on any atom is -0.338 e. The number of hydrogen-bond donors (Lipinski definition) is 0. The van der Waals surface area contributed by atoms with Gasteiger partial charge < -0.3 is 9.80 Å². The first kappa shape index (κ1) is 36.7. The first-order chi connectivity index (χ1) is 21.7. The Balaban J connectivity index is 1.68. The van der Waals surface area contributed by atoms with Crippen LogP contribution in [0.25, 0.3) is 0 Å². The summed E-state index contributed by atoms with van der Waals surface area (Å²) in [7, 11) is -1.92. The molecule has 260 valence electrons. The first-order valence-corrected chi connectivity index (χ1v) is 17.3. The van der Waals surface area contributed by atoms with E-state index < -0.39 is 63.3 Å². The van der Waals surface area contributed by atoms with Crippen molar-refractivity contribution in [3.63, 3.8) is 0 Å². The van der Waals surface area contributed by atoms with Gasteiger partial charge >= 0.3 is 18.3 Å². The van der Waals surface area contributed by atoms with Crippen LogP contribution in [0.1, 0.15) is 70.4 Å². The molecule has 2 aliphatic rings. The molecule has 2 fully saturated rings. The van der Waals surface area contributed by atoms with Crippen molar-refractivity contribution in [2.75, 3.05) is 24.2 Å². The number of carbonyl (C=O) groups excluding carboxylic acids is 2. The topological polar surface area (TPSA) is 78.0 Å². The van der Waals surface area contributed by atoms with Gasteiger partial charge in [-0.1, -0.05) is 32.0 Å². The standard InChI is InChI=1S/C33H41F6N3O4S/c1-20(2)22-9-12-27(13-10-22)47(45,46)19-23-17-25(40(5)21(3)4)11-14-28(23)41-16-15-29(30(41)43)42(31(44)33(37,38)39)26-8-6-7-24(18-26)32(34,35)36/h6-10,12-13,18,20-21,23,25,28-29H,11,14-17,19H2,1-5H3/t23-,25-,28+,29+/m1/s1. The highest BCUT2D eigenvalue weighted by atomic mass is 32.2. The Labute approximate surface area is 271 Å². The number of halogens is 6. The molecule has 2 amide bonds. The van der Waals surface area contributed by atoms with E-state index in [-0.39, 0.29) is 46.5 Å². The van der Waals surface area contributed by atoms with E-state index in [0.29, 0.717) is 31.4 Å². The molecular formula is C33H41F6N3O4S. The summed E-state index contributed by atoms with van der Waals surface area (Å²) in [5, 5.41) is 0. The highest BCUT2D eigenvalue weighted by Crippen LogP contribution is 2.39. The second-order valence-corrected chi connectivity index (χ2v) is 15.2. The third-order valence-electron chi connectivity index (χ3n) is 9.48. The Morgan fingerprint density at radius 3 is 2.15 bits per heavy atom. The zero-order valence-electron chi connectivity index (χ0n) is 27.0. The Hall–Kier alpha value is -3.13. The first-order valence-electron chi connectivity index (χ1n) is 15.6. The molecule has 1 saturated carbocycles. The van der Waals surface area contributed by atoms with Gasteiger partial charge in [0.25, 0.3) is 0 Å². The number of amides is 2. The highest BCUT2D eigenvalue weighted by molar-refractivity contribution is 7.91. The lowest BCUT2D eigenvalue weighted by molar-refractivity contribution is -0.171. The molecule has 0 N–H and O–H groups in total. The Bertz CT molecular complexity index is 1540. The van der Waals surface area contributed by atoms with Crippen LogP contribution in [-0.4, -0.2) is 79.7 Å². The van der Waals surface area contributed by atoms with Gasteiger partial charge in [0.15, 0.2) is 9.84 Å². The molecule has 0 spiro atoms. The van der Waals surface area contributed by atoms with Crippen LogP contribution >= 0.6 is 0 Å². The van der Waals surface area contributed by atoms with Gasteiger partial charge in [-0.2, -0.15) is 26.3 Å². The van der Waals surface area contributed by atoms with Crippen LogP contribution in [0.2, 0.25) is 0 Å². The largest absolute Gasteiger partial charge is 0.471 e. The van der Waals surface area contributed by atoms with Gasteiger partial charge in [0, 0.05) is 30.4 Å². The zero-order chi connectivity index (χ0) is 35.1. The van der Waals surface area contributed by atoms with E-state index in [1.807, 2.05) is 34.7 Å². The Morgan fingerprint density at radius 1 is 0.957 bits per heavy atom. The number of benzene rings is 2. The number of rotatable bonds is 9. The summed E-state index contributed by atoms with van der Waals surface area (Å²) in [4.78, 5) is 30.3. The maximum Gasteiger partial charge on any atom is 0.471 e. The van der Waals surface area contributed by atoms with Gasteiger partial charge in [0.1, 0.15) is 6.04 Å². The number of carbonyl (C=O) groups is 2. The lowest BCUT2D eigenvalue weighted by Gasteiger charge is -2.44. The van der Waals surface area contributed by atoms with Gasteiger partial charge in [-0.25, -0.2) is 8.42 Å². The van der Waals surface area contributed by atoms with Gasteiger partial charge in [-0.3, -0.25) is 14.5 Å². The summed E-state index contributed by atoms with van der Waals surface area (Å²) in [6.07, 6.45) is -9.28. The summed E-state index contributed by atoms with van der Waals surface area (Å²) >= 11 is 0. The van der Waals surface area contributed by atoms with Crippen LogP contribution in [0.4, 0.5) is 32.0 Å². The normalized spacial score (nSPS) is 22.9. The van der Waals surface area contributed by atoms with Crippen molar-refractivity contribution in [2.24, 2.45) is 5.92 Å². The molecule has 2 aromatic rings. The highest BCUT2D eigenvalue weighted by Gasteiger charge is 2.51. The van der Waals surface area contributed by atoms with E-state index in [1.54, 1.807) is 24.3 Å². The molecule has 0 aromatic heterocycles. The average Bonchev–Trinajstić information content (AvgIpc) is 3.36. The fraction of sp³-hybridized carbons (Fsp3) is 0.576. The number of anilines is 1. The number of nitrogens with zero attached hydrogens (tertiary/aromatic N) is 3. The van der Waals surface area contributed by atoms with E-state index in [1.165, 1.54) is 4.90 Å². The third kappa shape index (κ3) is 8.13. The second kappa shape index (κ2) is 13.8. The van der Waals surface area contributed by atoms with Crippen LogP contribution < -0.4 is 4.90 Å². The van der Waals surface area contributed by atoms with Crippen molar-refractivity contribution < 1.29 is 44.3 Å². The third-order valence-corrected chi connectivity index (χ3v) is 11.3. The van der Waals surface area contributed by atoms with Crippen LogP contribution in [0, 0.1) is 5.92 Å². The summed E-state index contributed by atoms with van der Waals surface area (Å²) in [6, 6.07) is 7.24. The molecule has 14 heteroatoms. The van der Waals surface area contributed by atoms with Crippen molar-refractivity contribution in [3.05, 3.63) is 59.7 Å². The van der Waals surface area contributed by atoms with E-state index >= 15 is 0 Å². The molecule has 2 aromatic carbocycles. The SMILES string of the molecule is CC(C)c1ccc(S(=O)(=O)C[C@H]2C[C@H](N(C)C(C)C)CC[C@@H]2N2CC[C@H](N(C(=O)C(F)(F)F)c3cccc(C(F)(F)F)c3)C2=O)cc1. The van der Waals surface area contributed by atoms with Crippen molar-refractivity contribution in [3.8, 4) is 0 Å². The monoisotopic (exact) mass is 689 g/mol. The van der Waals surface area contributed by atoms with Crippen molar-refractivity contribution in [1.29, 1.82) is 0 Å². The van der Waals surface area contributed by atoms with E-state index in [2.05, 4.69) is 4.90 Å². The molecule has 7 nitrogen and oxygen atoms in total. The molecule has 0 radical (unpaired) electrons. The molecule has 4 rings (SSSR count). The fourth-order valence-corrected chi connectivity index (χ4v) is 8.37. The number of alkyl halides is 6. The number of likely N-dealkylation sites (tertiary alicyclic amines) is 1. The predicted molar refractivity (Wildman–Crippen MR) is 166 cm³/mol. The van der Waals surface area contributed by atoms with E-state index in [0.717, 1.165) is 17.7 Å². The summed E-state index contributed by atoms with van der Waals surface area (Å²) in [6.45, 7) is 7.89. The molecule has 1 heterocycles. The van der Waals surface area contributed by atoms with Gasteiger partial charge in [0.2, 0.25) is 5.91 Å². The van der Waals surface area contributed by atoms with Crippen LogP contribution in [-0.2, 0) is 25.6 Å². The van der Waals surface area contributed by atoms with Crippen molar-refractivity contribution in [1.82, 2.24) is 9.80 Å². The molecule has 47 heavy (non-hydrogen) atoms. The summed E-state index contributed by atoms with van der Waals surface area (Å²) in [5.41, 5.74) is -1.00.